The second kappa shape index (κ2) is 6.43. The van der Waals surface area contributed by atoms with Crippen molar-refractivity contribution in [1.29, 1.82) is 0 Å². The minimum absolute atomic E-state index is 0.0762. The van der Waals surface area contributed by atoms with E-state index in [1.165, 1.54) is 17.7 Å². The van der Waals surface area contributed by atoms with Crippen LogP contribution in [0.3, 0.4) is 0 Å². The molecule has 136 valence electrons. The number of carbonyl (C=O) groups excluding carboxylic acids is 1. The van der Waals surface area contributed by atoms with Gasteiger partial charge in [0.25, 0.3) is 0 Å². The first-order valence-corrected chi connectivity index (χ1v) is 9.08. The Hall–Kier alpha value is -3.79. The van der Waals surface area contributed by atoms with Gasteiger partial charge in [-0.3, -0.25) is 4.79 Å². The Morgan fingerprint density at radius 1 is 0.964 bits per heavy atom. The first kappa shape index (κ1) is 16.4. The van der Waals surface area contributed by atoms with E-state index in [4.69, 9.17) is 4.74 Å². The summed E-state index contributed by atoms with van der Waals surface area (Å²) in [5.41, 5.74) is 3.70. The highest BCUT2D eigenvalue weighted by Gasteiger charge is 2.27. The summed E-state index contributed by atoms with van der Waals surface area (Å²) in [6.07, 6.45) is 3.82. The van der Waals surface area contributed by atoms with Gasteiger partial charge in [0.05, 0.1) is 5.56 Å². The molecule has 4 heteroatoms. The highest BCUT2D eigenvalue weighted by molar-refractivity contribution is 6.15. The molecule has 0 spiro atoms. The number of phenolic OH excluding ortho intramolecular Hbond substituents is 1. The van der Waals surface area contributed by atoms with Crippen LogP contribution in [0.5, 0.6) is 11.5 Å². The fraction of sp³-hybridized carbons (Fsp3) is 0.0417. The van der Waals surface area contributed by atoms with Gasteiger partial charge in [-0.2, -0.15) is 0 Å². The molecule has 1 aromatic heterocycles. The molecule has 28 heavy (non-hydrogen) atoms. The smallest absolute Gasteiger partial charge is 0.231 e. The van der Waals surface area contributed by atoms with Crippen LogP contribution >= 0.6 is 0 Å². The summed E-state index contributed by atoms with van der Waals surface area (Å²) in [5, 5.41) is 10.7. The number of hydrogen-bond donors (Lipinski definition) is 1. The molecule has 5 rings (SSSR count). The molecule has 4 aromatic rings. The summed E-state index contributed by atoms with van der Waals surface area (Å²) in [6.45, 7) is 0.743. The Bertz CT molecular complexity index is 1240. The second-order valence-electron chi connectivity index (χ2n) is 6.84. The molecule has 4 nitrogen and oxygen atoms in total. The van der Waals surface area contributed by atoms with Crippen LogP contribution in [0.2, 0.25) is 0 Å². The number of allylic oxidation sites excluding steroid dienone is 1. The maximum Gasteiger partial charge on any atom is 0.231 e. The van der Waals surface area contributed by atoms with Gasteiger partial charge in [0.1, 0.15) is 11.5 Å². The number of hydrogen-bond acceptors (Lipinski definition) is 3. The highest BCUT2D eigenvalue weighted by Crippen LogP contribution is 2.35. The Morgan fingerprint density at radius 2 is 1.75 bits per heavy atom. The van der Waals surface area contributed by atoms with E-state index in [1.54, 1.807) is 12.1 Å². The molecule has 2 heterocycles. The van der Waals surface area contributed by atoms with Gasteiger partial charge >= 0.3 is 0 Å². The van der Waals surface area contributed by atoms with E-state index < -0.39 is 0 Å². The minimum atomic E-state index is -0.171. The molecule has 0 unspecified atom stereocenters. The zero-order chi connectivity index (χ0) is 19.1. The number of Topliss-reactive ketones (excluding diaryl/α,β-unsaturated/α-hetero) is 1. The third-order valence-electron chi connectivity index (χ3n) is 4.96. The number of fused-ring (bicyclic) bond motifs is 2. The van der Waals surface area contributed by atoms with Crippen molar-refractivity contribution in [2.75, 3.05) is 0 Å². The molecule has 0 radical (unpaired) electrons. The van der Waals surface area contributed by atoms with Crippen molar-refractivity contribution in [2.45, 2.75) is 6.54 Å². The highest BCUT2D eigenvalue weighted by atomic mass is 16.5. The van der Waals surface area contributed by atoms with E-state index in [0.29, 0.717) is 11.3 Å². The summed E-state index contributed by atoms with van der Waals surface area (Å²) in [4.78, 5) is 12.7. The van der Waals surface area contributed by atoms with Gasteiger partial charge < -0.3 is 14.4 Å². The number of carbonyl (C=O) groups is 1. The van der Waals surface area contributed by atoms with Crippen LogP contribution in [-0.4, -0.2) is 15.5 Å². The van der Waals surface area contributed by atoms with Crippen LogP contribution in [0.4, 0.5) is 0 Å². The van der Waals surface area contributed by atoms with E-state index in [2.05, 4.69) is 22.8 Å². The standard InChI is InChI=1S/C24H17NO3/c26-18-10-11-20-22(13-18)28-23(24(20)27)12-17-15-25(14-16-6-2-1-3-7-16)21-9-5-4-8-19(17)21/h1-13,15,26H,14H2. The topological polar surface area (TPSA) is 51.5 Å². The number of phenols is 1. The van der Waals surface area contributed by atoms with Gasteiger partial charge in [-0.05, 0) is 29.8 Å². The Morgan fingerprint density at radius 3 is 2.61 bits per heavy atom. The average molecular weight is 367 g/mol. The van der Waals surface area contributed by atoms with E-state index >= 15 is 0 Å². The number of ether oxygens (including phenoxy) is 1. The van der Waals surface area contributed by atoms with Gasteiger partial charge in [-0.25, -0.2) is 0 Å². The van der Waals surface area contributed by atoms with E-state index in [1.807, 2.05) is 42.6 Å². The predicted octanol–water partition coefficient (Wildman–Crippen LogP) is 5.01. The van der Waals surface area contributed by atoms with E-state index in [0.717, 1.165) is 23.0 Å². The van der Waals surface area contributed by atoms with Gasteiger partial charge in [0.15, 0.2) is 5.76 Å². The first-order valence-electron chi connectivity index (χ1n) is 9.08. The predicted molar refractivity (Wildman–Crippen MR) is 109 cm³/mol. The lowest BCUT2D eigenvalue weighted by Gasteiger charge is -2.05. The van der Waals surface area contributed by atoms with Gasteiger partial charge in [-0.1, -0.05) is 48.5 Å². The quantitative estimate of drug-likeness (QED) is 0.518. The second-order valence-corrected chi connectivity index (χ2v) is 6.84. The molecule has 0 amide bonds. The van der Waals surface area contributed by atoms with Crippen molar-refractivity contribution in [3.63, 3.8) is 0 Å². The molecule has 1 aliphatic heterocycles. The molecule has 0 saturated heterocycles. The zero-order valence-corrected chi connectivity index (χ0v) is 15.0. The monoisotopic (exact) mass is 367 g/mol. The maximum atomic E-state index is 12.7. The molecule has 0 saturated carbocycles. The van der Waals surface area contributed by atoms with Crippen molar-refractivity contribution in [3.05, 3.63) is 101 Å². The van der Waals surface area contributed by atoms with Crippen LogP contribution in [0.1, 0.15) is 21.5 Å². The van der Waals surface area contributed by atoms with Crippen LogP contribution in [0.15, 0.2) is 84.8 Å². The van der Waals surface area contributed by atoms with E-state index in [9.17, 15) is 9.90 Å². The van der Waals surface area contributed by atoms with Crippen molar-refractivity contribution in [2.24, 2.45) is 0 Å². The fourth-order valence-electron chi connectivity index (χ4n) is 3.62. The summed E-state index contributed by atoms with van der Waals surface area (Å²) in [7, 11) is 0. The number of para-hydroxylation sites is 1. The average Bonchev–Trinajstić information content (AvgIpc) is 3.21. The molecule has 3 aromatic carbocycles. The van der Waals surface area contributed by atoms with E-state index in [-0.39, 0.29) is 17.3 Å². The number of nitrogens with zero attached hydrogens (tertiary/aromatic N) is 1. The summed E-state index contributed by atoms with van der Waals surface area (Å²) >= 11 is 0. The molecule has 1 N–H and O–H groups in total. The SMILES string of the molecule is O=C1C(=Cc2cn(Cc3ccccc3)c3ccccc23)Oc2cc(O)ccc21. The minimum Gasteiger partial charge on any atom is -0.508 e. The summed E-state index contributed by atoms with van der Waals surface area (Å²) in [6, 6.07) is 22.9. The Kier molecular flexibility index (Phi) is 3.76. The molecular formula is C24H17NO3. The number of aromatic nitrogens is 1. The molecule has 0 fully saturated rings. The van der Waals surface area contributed by atoms with Gasteiger partial charge in [0, 0.05) is 35.3 Å². The van der Waals surface area contributed by atoms with Crippen molar-refractivity contribution < 1.29 is 14.6 Å². The number of ketones is 1. The number of rotatable bonds is 3. The Balaban J connectivity index is 1.57. The molecule has 0 atom stereocenters. The third kappa shape index (κ3) is 2.76. The third-order valence-corrected chi connectivity index (χ3v) is 4.96. The largest absolute Gasteiger partial charge is 0.508 e. The fourth-order valence-corrected chi connectivity index (χ4v) is 3.62. The van der Waals surface area contributed by atoms with Crippen LogP contribution in [-0.2, 0) is 6.54 Å². The molecule has 0 bridgehead atoms. The number of aromatic hydroxyl groups is 1. The van der Waals surface area contributed by atoms with Crippen LogP contribution < -0.4 is 4.74 Å². The molecule has 0 aliphatic carbocycles. The normalized spacial score (nSPS) is 14.4. The van der Waals surface area contributed by atoms with Gasteiger partial charge in [-0.15, -0.1) is 0 Å². The number of benzene rings is 3. The van der Waals surface area contributed by atoms with Gasteiger partial charge in [0.2, 0.25) is 5.78 Å². The molecule has 1 aliphatic rings. The Labute approximate surface area is 161 Å². The van der Waals surface area contributed by atoms with Crippen molar-refractivity contribution in [3.8, 4) is 11.5 Å². The lowest BCUT2D eigenvalue weighted by molar-refractivity contribution is 0.101. The summed E-state index contributed by atoms with van der Waals surface area (Å²) < 4.78 is 7.90. The van der Waals surface area contributed by atoms with Crippen molar-refractivity contribution >= 4 is 22.8 Å². The first-order chi connectivity index (χ1) is 13.7. The summed E-state index contributed by atoms with van der Waals surface area (Å²) in [5.74, 6) is 0.564. The maximum absolute atomic E-state index is 12.7. The van der Waals surface area contributed by atoms with Crippen LogP contribution in [0, 0.1) is 0 Å². The lowest BCUT2D eigenvalue weighted by atomic mass is 10.1. The zero-order valence-electron chi connectivity index (χ0n) is 15.0. The molecular weight excluding hydrogens is 350 g/mol. The van der Waals surface area contributed by atoms with Crippen LogP contribution in [0.25, 0.3) is 17.0 Å². The lowest BCUT2D eigenvalue weighted by Crippen LogP contribution is -1.98. The van der Waals surface area contributed by atoms with Crippen molar-refractivity contribution in [1.82, 2.24) is 4.57 Å².